The monoisotopic (exact) mass is 298 g/mol. The van der Waals surface area contributed by atoms with Crippen LogP contribution in [0.5, 0.6) is 5.75 Å². The van der Waals surface area contributed by atoms with Gasteiger partial charge in [-0.1, -0.05) is 0 Å². The fraction of sp³-hybridized carbons (Fsp3) is 0.500. The van der Waals surface area contributed by atoms with Crippen molar-refractivity contribution in [2.45, 2.75) is 6.42 Å². The van der Waals surface area contributed by atoms with Gasteiger partial charge in [-0.2, -0.15) is 11.8 Å². The van der Waals surface area contributed by atoms with Crippen LogP contribution in [0.15, 0.2) is 18.2 Å². The van der Waals surface area contributed by atoms with Crippen LogP contribution in [-0.4, -0.2) is 48.6 Å². The van der Waals surface area contributed by atoms with Crippen molar-refractivity contribution in [3.8, 4) is 5.75 Å². The van der Waals surface area contributed by atoms with Gasteiger partial charge in [0, 0.05) is 24.6 Å². The first kappa shape index (κ1) is 15.1. The number of hydrogen-bond donors (Lipinski definition) is 1. The number of nitrogens with zero attached hydrogens (tertiary/aromatic N) is 1. The maximum absolute atomic E-state index is 13.4. The summed E-state index contributed by atoms with van der Waals surface area (Å²) in [6.07, 6.45) is 0.700. The van der Waals surface area contributed by atoms with Gasteiger partial charge in [-0.25, -0.2) is 4.39 Å². The fourth-order valence-corrected chi connectivity index (χ4v) is 2.90. The molecule has 2 rings (SSSR count). The first-order valence-electron chi connectivity index (χ1n) is 6.72. The molecular weight excluding hydrogens is 279 g/mol. The van der Waals surface area contributed by atoms with Gasteiger partial charge >= 0.3 is 0 Å². The molecule has 1 aromatic rings. The molecule has 20 heavy (non-hydrogen) atoms. The van der Waals surface area contributed by atoms with Gasteiger partial charge in [-0.3, -0.25) is 4.79 Å². The van der Waals surface area contributed by atoms with E-state index >= 15 is 0 Å². The van der Waals surface area contributed by atoms with Crippen molar-refractivity contribution in [2.75, 3.05) is 37.7 Å². The third-order valence-corrected chi connectivity index (χ3v) is 4.02. The molecule has 0 atom stereocenters. The summed E-state index contributed by atoms with van der Waals surface area (Å²) in [6.45, 7) is 2.34. The first-order chi connectivity index (χ1) is 9.72. The SMILES string of the molecule is NCCCOc1ccc(F)cc1C(=O)N1CCSCC1. The molecule has 0 aliphatic carbocycles. The van der Waals surface area contributed by atoms with Gasteiger partial charge in [0.1, 0.15) is 11.6 Å². The zero-order valence-corrected chi connectivity index (χ0v) is 12.1. The van der Waals surface area contributed by atoms with Crippen molar-refractivity contribution in [3.63, 3.8) is 0 Å². The second kappa shape index (κ2) is 7.50. The van der Waals surface area contributed by atoms with E-state index in [1.165, 1.54) is 18.2 Å². The zero-order valence-electron chi connectivity index (χ0n) is 11.3. The molecule has 110 valence electrons. The van der Waals surface area contributed by atoms with E-state index in [4.69, 9.17) is 10.5 Å². The minimum atomic E-state index is -0.425. The van der Waals surface area contributed by atoms with Gasteiger partial charge in [-0.15, -0.1) is 0 Å². The van der Waals surface area contributed by atoms with E-state index in [1.54, 1.807) is 4.90 Å². The lowest BCUT2D eigenvalue weighted by molar-refractivity contribution is 0.0767. The molecule has 1 fully saturated rings. The molecule has 1 heterocycles. The number of carbonyl (C=O) groups excluding carboxylic acids is 1. The number of halogens is 1. The van der Waals surface area contributed by atoms with Crippen molar-refractivity contribution in [1.82, 2.24) is 4.90 Å². The Balaban J connectivity index is 2.14. The molecule has 0 spiro atoms. The van der Waals surface area contributed by atoms with Crippen LogP contribution in [-0.2, 0) is 0 Å². The van der Waals surface area contributed by atoms with Crippen LogP contribution in [0.2, 0.25) is 0 Å². The topological polar surface area (TPSA) is 55.6 Å². The summed E-state index contributed by atoms with van der Waals surface area (Å²) in [5, 5.41) is 0. The quantitative estimate of drug-likeness (QED) is 0.841. The minimum absolute atomic E-state index is 0.160. The molecule has 0 bridgehead atoms. The van der Waals surface area contributed by atoms with Crippen LogP contribution >= 0.6 is 11.8 Å². The lowest BCUT2D eigenvalue weighted by Gasteiger charge is -2.27. The van der Waals surface area contributed by atoms with Gasteiger partial charge in [-0.05, 0) is 31.2 Å². The van der Waals surface area contributed by atoms with E-state index in [9.17, 15) is 9.18 Å². The summed E-state index contributed by atoms with van der Waals surface area (Å²) in [7, 11) is 0. The second-order valence-corrected chi connectivity index (χ2v) is 5.76. The number of thioether (sulfide) groups is 1. The number of carbonyl (C=O) groups is 1. The molecule has 0 unspecified atom stereocenters. The molecule has 1 aliphatic rings. The Morgan fingerprint density at radius 1 is 1.40 bits per heavy atom. The number of benzene rings is 1. The average molecular weight is 298 g/mol. The maximum Gasteiger partial charge on any atom is 0.257 e. The highest BCUT2D eigenvalue weighted by Crippen LogP contribution is 2.23. The predicted octanol–water partition coefficient (Wildman–Crippen LogP) is 1.74. The molecule has 1 amide bonds. The Hall–Kier alpha value is -1.27. The lowest BCUT2D eigenvalue weighted by Crippen LogP contribution is -2.38. The molecule has 6 heteroatoms. The number of rotatable bonds is 5. The second-order valence-electron chi connectivity index (χ2n) is 4.54. The van der Waals surface area contributed by atoms with E-state index in [2.05, 4.69) is 0 Å². The molecule has 4 nitrogen and oxygen atoms in total. The largest absolute Gasteiger partial charge is 0.493 e. The highest BCUT2D eigenvalue weighted by Gasteiger charge is 2.22. The van der Waals surface area contributed by atoms with Crippen molar-refractivity contribution in [2.24, 2.45) is 5.73 Å². The normalized spacial score (nSPS) is 15.2. The third-order valence-electron chi connectivity index (χ3n) is 3.08. The van der Waals surface area contributed by atoms with Crippen molar-refractivity contribution in [3.05, 3.63) is 29.6 Å². The Kier molecular flexibility index (Phi) is 5.67. The molecule has 0 saturated carbocycles. The Labute approximate surface area is 122 Å². The standard InChI is InChI=1S/C14H19FN2O2S/c15-11-2-3-13(19-7-1-4-16)12(10-11)14(18)17-5-8-20-9-6-17/h2-3,10H,1,4-9,16H2. The Morgan fingerprint density at radius 3 is 2.85 bits per heavy atom. The first-order valence-corrected chi connectivity index (χ1v) is 7.87. The minimum Gasteiger partial charge on any atom is -0.493 e. The van der Waals surface area contributed by atoms with Gasteiger partial charge < -0.3 is 15.4 Å². The van der Waals surface area contributed by atoms with Crippen LogP contribution in [0, 0.1) is 5.82 Å². The summed E-state index contributed by atoms with van der Waals surface area (Å²) in [6, 6.07) is 4.07. The molecule has 2 N–H and O–H groups in total. The van der Waals surface area contributed by atoms with E-state index in [-0.39, 0.29) is 5.91 Å². The number of nitrogens with two attached hydrogens (primary N) is 1. The molecule has 0 radical (unpaired) electrons. The van der Waals surface area contributed by atoms with Gasteiger partial charge in [0.05, 0.1) is 12.2 Å². The van der Waals surface area contributed by atoms with Crippen LogP contribution in [0.25, 0.3) is 0 Å². The average Bonchev–Trinajstić information content (AvgIpc) is 2.49. The summed E-state index contributed by atoms with van der Waals surface area (Å²) in [5.74, 6) is 1.69. The summed E-state index contributed by atoms with van der Waals surface area (Å²) in [4.78, 5) is 14.2. The fourth-order valence-electron chi connectivity index (χ4n) is 2.00. The highest BCUT2D eigenvalue weighted by molar-refractivity contribution is 7.99. The lowest BCUT2D eigenvalue weighted by atomic mass is 10.1. The molecular formula is C14H19FN2O2S. The van der Waals surface area contributed by atoms with Crippen LogP contribution in [0.3, 0.4) is 0 Å². The zero-order chi connectivity index (χ0) is 14.4. The van der Waals surface area contributed by atoms with E-state index in [0.717, 1.165) is 11.5 Å². The number of amides is 1. The molecule has 1 aliphatic heterocycles. The van der Waals surface area contributed by atoms with E-state index < -0.39 is 5.82 Å². The van der Waals surface area contributed by atoms with Crippen LogP contribution < -0.4 is 10.5 Å². The molecule has 0 aromatic heterocycles. The van der Waals surface area contributed by atoms with Crippen LogP contribution in [0.4, 0.5) is 4.39 Å². The third kappa shape index (κ3) is 3.86. The Morgan fingerprint density at radius 2 is 2.15 bits per heavy atom. The molecule has 1 saturated heterocycles. The summed E-state index contributed by atoms with van der Waals surface area (Å²) in [5.41, 5.74) is 5.71. The number of hydrogen-bond acceptors (Lipinski definition) is 4. The van der Waals surface area contributed by atoms with Crippen molar-refractivity contribution in [1.29, 1.82) is 0 Å². The highest BCUT2D eigenvalue weighted by atomic mass is 32.2. The molecule has 1 aromatic carbocycles. The van der Waals surface area contributed by atoms with Crippen LogP contribution in [0.1, 0.15) is 16.8 Å². The van der Waals surface area contributed by atoms with Crippen molar-refractivity contribution < 1.29 is 13.9 Å². The Bertz CT molecular complexity index is 464. The van der Waals surface area contributed by atoms with Gasteiger partial charge in [0.25, 0.3) is 5.91 Å². The number of ether oxygens (including phenoxy) is 1. The summed E-state index contributed by atoms with van der Waals surface area (Å²) >= 11 is 1.82. The summed E-state index contributed by atoms with van der Waals surface area (Å²) < 4.78 is 19.0. The van der Waals surface area contributed by atoms with Gasteiger partial charge in [0.15, 0.2) is 0 Å². The van der Waals surface area contributed by atoms with E-state index in [0.29, 0.717) is 44.0 Å². The smallest absolute Gasteiger partial charge is 0.257 e. The predicted molar refractivity (Wildman–Crippen MR) is 78.8 cm³/mol. The van der Waals surface area contributed by atoms with Gasteiger partial charge in [0.2, 0.25) is 0 Å². The van der Waals surface area contributed by atoms with E-state index in [1.807, 2.05) is 11.8 Å². The maximum atomic E-state index is 13.4. The van der Waals surface area contributed by atoms with Crippen molar-refractivity contribution >= 4 is 17.7 Å².